The Bertz CT molecular complexity index is 251. The van der Waals surface area contributed by atoms with E-state index in [0.29, 0.717) is 0 Å². The Morgan fingerprint density at radius 3 is 2.69 bits per heavy atom. The molecule has 0 radical (unpaired) electrons. The molecule has 2 N–H and O–H groups in total. The molecule has 1 nitrogen and oxygen atoms in total. The summed E-state index contributed by atoms with van der Waals surface area (Å²) < 4.78 is 0. The third-order valence-corrected chi connectivity index (χ3v) is 2.59. The minimum absolute atomic E-state index is 0.767. The number of hydrogen-bond acceptors (Lipinski definition) is 1. The van der Waals surface area contributed by atoms with Crippen LogP contribution in [0.15, 0.2) is 18.2 Å². The molecule has 0 saturated heterocycles. The zero-order valence-corrected chi connectivity index (χ0v) is 8.77. The molecule has 0 unspecified atom stereocenters. The first-order valence-electron chi connectivity index (χ1n) is 4.69. The van der Waals surface area contributed by atoms with Crippen molar-refractivity contribution in [2.45, 2.75) is 26.2 Å². The van der Waals surface area contributed by atoms with Crippen LogP contribution in [0.3, 0.4) is 0 Å². The molecule has 0 aromatic heterocycles. The summed E-state index contributed by atoms with van der Waals surface area (Å²) in [5.74, 6) is 0. The minimum Gasteiger partial charge on any atom is -0.330 e. The van der Waals surface area contributed by atoms with Gasteiger partial charge in [0.25, 0.3) is 0 Å². The molecular weight excluding hydrogens is 182 g/mol. The van der Waals surface area contributed by atoms with Crippen LogP contribution in [0.4, 0.5) is 0 Å². The fourth-order valence-electron chi connectivity index (χ4n) is 1.43. The topological polar surface area (TPSA) is 26.0 Å². The minimum atomic E-state index is 0.767. The van der Waals surface area contributed by atoms with E-state index in [2.05, 4.69) is 13.0 Å². The van der Waals surface area contributed by atoms with Crippen LogP contribution in [0.1, 0.15) is 24.0 Å². The largest absolute Gasteiger partial charge is 0.330 e. The van der Waals surface area contributed by atoms with Gasteiger partial charge >= 0.3 is 0 Å². The van der Waals surface area contributed by atoms with Crippen molar-refractivity contribution in [2.24, 2.45) is 5.73 Å². The van der Waals surface area contributed by atoms with Crippen LogP contribution < -0.4 is 5.73 Å². The van der Waals surface area contributed by atoms with E-state index in [0.717, 1.165) is 30.8 Å². The first-order valence-corrected chi connectivity index (χ1v) is 5.07. The number of benzene rings is 1. The number of nitrogens with two attached hydrogens (primary N) is 1. The molecular formula is C11H16ClN. The second kappa shape index (κ2) is 5.25. The fraction of sp³-hybridized carbons (Fsp3) is 0.455. The maximum atomic E-state index is 6.08. The van der Waals surface area contributed by atoms with Gasteiger partial charge in [0.2, 0.25) is 0 Å². The summed E-state index contributed by atoms with van der Waals surface area (Å²) in [4.78, 5) is 0. The third kappa shape index (κ3) is 3.02. The van der Waals surface area contributed by atoms with Gasteiger partial charge in [-0.2, -0.15) is 0 Å². The number of unbranched alkanes of at least 4 members (excludes halogenated alkanes) is 1. The zero-order valence-electron chi connectivity index (χ0n) is 8.02. The maximum Gasteiger partial charge on any atom is 0.0440 e. The standard InChI is InChI=1S/C11H16ClN/c1-9-5-4-7-11(12)10(9)6-2-3-8-13/h4-5,7H,2-3,6,8,13H2,1H3. The Hall–Kier alpha value is -0.530. The van der Waals surface area contributed by atoms with E-state index in [1.807, 2.05) is 12.1 Å². The zero-order chi connectivity index (χ0) is 9.68. The Kier molecular flexibility index (Phi) is 4.26. The van der Waals surface area contributed by atoms with Crippen molar-refractivity contribution in [1.29, 1.82) is 0 Å². The van der Waals surface area contributed by atoms with E-state index in [9.17, 15) is 0 Å². The number of halogens is 1. The van der Waals surface area contributed by atoms with Gasteiger partial charge in [-0.25, -0.2) is 0 Å². The molecule has 1 aromatic carbocycles. The fourth-order valence-corrected chi connectivity index (χ4v) is 1.75. The van der Waals surface area contributed by atoms with Gasteiger partial charge in [0, 0.05) is 5.02 Å². The molecule has 0 aliphatic rings. The third-order valence-electron chi connectivity index (χ3n) is 2.23. The molecule has 1 rings (SSSR count). The van der Waals surface area contributed by atoms with Crippen molar-refractivity contribution in [3.8, 4) is 0 Å². The molecule has 0 atom stereocenters. The maximum absolute atomic E-state index is 6.08. The lowest BCUT2D eigenvalue weighted by Crippen LogP contribution is -2.00. The molecule has 0 saturated carbocycles. The monoisotopic (exact) mass is 197 g/mol. The van der Waals surface area contributed by atoms with Crippen molar-refractivity contribution in [3.63, 3.8) is 0 Å². The lowest BCUT2D eigenvalue weighted by Gasteiger charge is -2.07. The van der Waals surface area contributed by atoms with Crippen molar-refractivity contribution in [2.75, 3.05) is 6.54 Å². The normalized spacial score (nSPS) is 10.4. The van der Waals surface area contributed by atoms with Crippen LogP contribution in [-0.4, -0.2) is 6.54 Å². The summed E-state index contributed by atoms with van der Waals surface area (Å²) in [6.45, 7) is 2.87. The van der Waals surface area contributed by atoms with Gasteiger partial charge in [-0.3, -0.25) is 0 Å². The highest BCUT2D eigenvalue weighted by molar-refractivity contribution is 6.31. The van der Waals surface area contributed by atoms with Crippen molar-refractivity contribution in [1.82, 2.24) is 0 Å². The summed E-state index contributed by atoms with van der Waals surface area (Å²) in [6, 6.07) is 6.04. The van der Waals surface area contributed by atoms with Crippen LogP contribution in [0.5, 0.6) is 0 Å². The highest BCUT2D eigenvalue weighted by atomic mass is 35.5. The number of rotatable bonds is 4. The van der Waals surface area contributed by atoms with E-state index in [1.165, 1.54) is 11.1 Å². The predicted octanol–water partition coefficient (Wildman–Crippen LogP) is 2.93. The lowest BCUT2D eigenvalue weighted by atomic mass is 10.0. The molecule has 0 fully saturated rings. The van der Waals surface area contributed by atoms with Gasteiger partial charge in [-0.05, 0) is 49.9 Å². The second-order valence-corrected chi connectivity index (χ2v) is 3.69. The molecule has 13 heavy (non-hydrogen) atoms. The van der Waals surface area contributed by atoms with Gasteiger partial charge in [-0.1, -0.05) is 23.7 Å². The van der Waals surface area contributed by atoms with E-state index in [-0.39, 0.29) is 0 Å². The summed E-state index contributed by atoms with van der Waals surface area (Å²) in [6.07, 6.45) is 3.24. The van der Waals surface area contributed by atoms with Gasteiger partial charge < -0.3 is 5.73 Å². The predicted molar refractivity (Wildman–Crippen MR) is 58.2 cm³/mol. The lowest BCUT2D eigenvalue weighted by molar-refractivity contribution is 0.742. The van der Waals surface area contributed by atoms with Crippen LogP contribution in [0, 0.1) is 6.92 Å². The summed E-state index contributed by atoms with van der Waals surface area (Å²) in [5, 5.41) is 0.886. The van der Waals surface area contributed by atoms with E-state index >= 15 is 0 Å². The van der Waals surface area contributed by atoms with Gasteiger partial charge in [0.1, 0.15) is 0 Å². The Morgan fingerprint density at radius 1 is 1.31 bits per heavy atom. The Morgan fingerprint density at radius 2 is 2.08 bits per heavy atom. The smallest absolute Gasteiger partial charge is 0.0440 e. The molecule has 0 spiro atoms. The summed E-state index contributed by atoms with van der Waals surface area (Å²) >= 11 is 6.08. The first kappa shape index (κ1) is 10.6. The average molecular weight is 198 g/mol. The van der Waals surface area contributed by atoms with E-state index < -0.39 is 0 Å². The Balaban J connectivity index is 2.64. The highest BCUT2D eigenvalue weighted by Crippen LogP contribution is 2.21. The quantitative estimate of drug-likeness (QED) is 0.739. The average Bonchev–Trinajstić information content (AvgIpc) is 2.10. The van der Waals surface area contributed by atoms with Crippen molar-refractivity contribution in [3.05, 3.63) is 34.3 Å². The molecule has 2 heteroatoms. The second-order valence-electron chi connectivity index (χ2n) is 3.28. The van der Waals surface area contributed by atoms with Crippen LogP contribution in [-0.2, 0) is 6.42 Å². The van der Waals surface area contributed by atoms with Gasteiger partial charge in [0.15, 0.2) is 0 Å². The first-order chi connectivity index (χ1) is 6.25. The molecule has 0 bridgehead atoms. The molecule has 0 heterocycles. The van der Waals surface area contributed by atoms with Crippen LogP contribution in [0.25, 0.3) is 0 Å². The summed E-state index contributed by atoms with van der Waals surface area (Å²) in [5.41, 5.74) is 7.99. The molecule has 72 valence electrons. The number of aryl methyl sites for hydroxylation is 1. The molecule has 0 aliphatic heterocycles. The molecule has 0 amide bonds. The van der Waals surface area contributed by atoms with Crippen molar-refractivity contribution >= 4 is 11.6 Å². The SMILES string of the molecule is Cc1cccc(Cl)c1CCCCN. The van der Waals surface area contributed by atoms with E-state index in [4.69, 9.17) is 17.3 Å². The summed E-state index contributed by atoms with van der Waals surface area (Å²) in [7, 11) is 0. The van der Waals surface area contributed by atoms with Crippen molar-refractivity contribution < 1.29 is 0 Å². The van der Waals surface area contributed by atoms with Crippen LogP contribution in [0.2, 0.25) is 5.02 Å². The van der Waals surface area contributed by atoms with Gasteiger partial charge in [0.05, 0.1) is 0 Å². The van der Waals surface area contributed by atoms with Gasteiger partial charge in [-0.15, -0.1) is 0 Å². The van der Waals surface area contributed by atoms with E-state index in [1.54, 1.807) is 0 Å². The Labute approximate surface area is 84.9 Å². The highest BCUT2D eigenvalue weighted by Gasteiger charge is 2.02. The van der Waals surface area contributed by atoms with Crippen LogP contribution >= 0.6 is 11.6 Å². The number of hydrogen-bond donors (Lipinski definition) is 1. The molecule has 0 aliphatic carbocycles. The molecule has 1 aromatic rings.